The normalized spacial score (nSPS) is 11.2. The maximum Gasteiger partial charge on any atom is 0.307 e. The first-order valence-electron chi connectivity index (χ1n) is 10.5. The zero-order valence-corrected chi connectivity index (χ0v) is 18.6. The fourth-order valence-electron chi connectivity index (χ4n) is 3.95. The fourth-order valence-corrected chi connectivity index (χ4v) is 4.69. The molecule has 2 N–H and O–H groups in total. The number of nitrogens with one attached hydrogen (secondary N) is 1. The Bertz CT molecular complexity index is 1530. The lowest BCUT2D eigenvalue weighted by Crippen LogP contribution is -2.06. The van der Waals surface area contributed by atoms with Gasteiger partial charge in [0.1, 0.15) is 5.76 Å². The molecule has 2 aromatic heterocycles. The SMILES string of the molecule is Cc1oc(-c2ccccc2)nc1CC(=O)c1ccc(Cc2sc(=O)[nH]c2O)c2ccccc12. The number of hydrogen-bond acceptors (Lipinski definition) is 6. The van der Waals surface area contributed by atoms with Gasteiger partial charge in [0.15, 0.2) is 5.78 Å². The molecule has 0 aliphatic rings. The predicted octanol–water partition coefficient (Wildman–Crippen LogP) is 5.27. The van der Waals surface area contributed by atoms with Crippen molar-refractivity contribution in [2.45, 2.75) is 19.8 Å². The third-order valence-electron chi connectivity index (χ3n) is 5.61. The molecule has 0 unspecified atom stereocenters. The molecule has 7 heteroatoms. The average Bonchev–Trinajstić information content (AvgIpc) is 3.34. The van der Waals surface area contributed by atoms with Crippen LogP contribution in [0.4, 0.5) is 0 Å². The first-order valence-corrected chi connectivity index (χ1v) is 11.3. The van der Waals surface area contributed by atoms with E-state index in [2.05, 4.69) is 9.97 Å². The molecular formula is C26H20N2O4S. The second-order valence-corrected chi connectivity index (χ2v) is 8.84. The Morgan fingerprint density at radius 3 is 2.48 bits per heavy atom. The minimum absolute atomic E-state index is 0.0529. The van der Waals surface area contributed by atoms with E-state index in [9.17, 15) is 14.7 Å². The lowest BCUT2D eigenvalue weighted by atomic mass is 9.94. The molecule has 33 heavy (non-hydrogen) atoms. The van der Waals surface area contributed by atoms with Gasteiger partial charge in [0.05, 0.1) is 17.0 Å². The van der Waals surface area contributed by atoms with Crippen LogP contribution in [0.5, 0.6) is 5.88 Å². The van der Waals surface area contributed by atoms with Gasteiger partial charge in [-0.3, -0.25) is 14.6 Å². The Labute approximate surface area is 193 Å². The molecule has 6 nitrogen and oxygen atoms in total. The van der Waals surface area contributed by atoms with Gasteiger partial charge in [-0.1, -0.05) is 65.9 Å². The van der Waals surface area contributed by atoms with Crippen LogP contribution >= 0.6 is 11.3 Å². The maximum atomic E-state index is 13.3. The van der Waals surface area contributed by atoms with Gasteiger partial charge >= 0.3 is 4.87 Å². The van der Waals surface area contributed by atoms with Crippen molar-refractivity contribution in [2.75, 3.05) is 0 Å². The Kier molecular flexibility index (Phi) is 5.40. The van der Waals surface area contributed by atoms with Crippen LogP contribution in [0, 0.1) is 6.92 Å². The van der Waals surface area contributed by atoms with Crippen LogP contribution in [0.2, 0.25) is 0 Å². The summed E-state index contributed by atoms with van der Waals surface area (Å²) in [5, 5.41) is 11.7. The zero-order valence-electron chi connectivity index (χ0n) is 17.8. The van der Waals surface area contributed by atoms with Crippen molar-refractivity contribution >= 4 is 27.9 Å². The molecule has 0 atom stereocenters. The van der Waals surface area contributed by atoms with Gasteiger partial charge in [-0.05, 0) is 35.4 Å². The van der Waals surface area contributed by atoms with Crippen LogP contribution in [0.25, 0.3) is 22.2 Å². The van der Waals surface area contributed by atoms with Crippen molar-refractivity contribution in [3.63, 3.8) is 0 Å². The van der Waals surface area contributed by atoms with Gasteiger partial charge in [-0.15, -0.1) is 0 Å². The first-order chi connectivity index (χ1) is 16.0. The highest BCUT2D eigenvalue weighted by molar-refractivity contribution is 7.09. The number of Topliss-reactive ketones (excluding diaryl/α,β-unsaturated/α-hetero) is 1. The summed E-state index contributed by atoms with van der Waals surface area (Å²) in [6, 6.07) is 20.9. The van der Waals surface area contributed by atoms with Crippen LogP contribution in [-0.4, -0.2) is 20.9 Å². The minimum atomic E-state index is -0.295. The number of rotatable bonds is 6. The van der Waals surface area contributed by atoms with Crippen molar-refractivity contribution in [2.24, 2.45) is 0 Å². The highest BCUT2D eigenvalue weighted by Gasteiger charge is 2.19. The number of carbonyl (C=O) groups excluding carboxylic acids is 1. The van der Waals surface area contributed by atoms with Crippen LogP contribution < -0.4 is 4.87 Å². The number of H-pyrrole nitrogens is 1. The van der Waals surface area contributed by atoms with E-state index in [1.54, 1.807) is 6.07 Å². The van der Waals surface area contributed by atoms with Crippen LogP contribution in [-0.2, 0) is 12.8 Å². The molecule has 5 rings (SSSR count). The van der Waals surface area contributed by atoms with Gasteiger partial charge in [0.2, 0.25) is 11.8 Å². The second-order valence-electron chi connectivity index (χ2n) is 7.77. The molecule has 0 saturated heterocycles. The number of fused-ring (bicyclic) bond motifs is 1. The molecule has 5 aromatic rings. The number of thiazole rings is 1. The molecule has 0 saturated carbocycles. The summed E-state index contributed by atoms with van der Waals surface area (Å²) in [5.41, 5.74) is 3.01. The summed E-state index contributed by atoms with van der Waals surface area (Å²) in [6.07, 6.45) is 0.527. The lowest BCUT2D eigenvalue weighted by Gasteiger charge is -2.10. The number of benzene rings is 3. The van der Waals surface area contributed by atoms with Crippen molar-refractivity contribution < 1.29 is 14.3 Å². The van der Waals surface area contributed by atoms with Crippen LogP contribution in [0.15, 0.2) is 75.9 Å². The van der Waals surface area contributed by atoms with Crippen molar-refractivity contribution in [3.05, 3.63) is 104 Å². The van der Waals surface area contributed by atoms with Crippen molar-refractivity contribution in [1.29, 1.82) is 0 Å². The average molecular weight is 457 g/mol. The molecule has 164 valence electrons. The summed E-state index contributed by atoms with van der Waals surface area (Å²) in [5.74, 6) is 0.968. The molecular weight excluding hydrogens is 436 g/mol. The van der Waals surface area contributed by atoms with E-state index in [-0.39, 0.29) is 23.0 Å². The lowest BCUT2D eigenvalue weighted by molar-refractivity contribution is 0.0993. The van der Waals surface area contributed by atoms with Gasteiger partial charge in [0.25, 0.3) is 0 Å². The van der Waals surface area contributed by atoms with E-state index in [0.717, 1.165) is 33.2 Å². The highest BCUT2D eigenvalue weighted by atomic mass is 32.1. The van der Waals surface area contributed by atoms with E-state index >= 15 is 0 Å². The fraction of sp³-hybridized carbons (Fsp3) is 0.115. The number of aromatic amines is 1. The maximum absolute atomic E-state index is 13.3. The quantitative estimate of drug-likeness (QED) is 0.339. The number of aromatic nitrogens is 2. The van der Waals surface area contributed by atoms with E-state index in [1.807, 2.05) is 67.6 Å². The standard InChI is InChI=1S/C26H20N2O4S/c1-15-21(27-25(32-15)16-7-3-2-4-8-16)14-22(29)20-12-11-17(18-9-5-6-10-19(18)20)13-23-24(30)28-26(31)33-23/h2-12,30H,13-14H2,1H3,(H,28,31). The van der Waals surface area contributed by atoms with Crippen LogP contribution in [0.1, 0.15) is 32.3 Å². The Hall–Kier alpha value is -3.97. The molecule has 0 fully saturated rings. The number of hydrogen-bond donors (Lipinski definition) is 2. The molecule has 0 spiro atoms. The molecule has 0 aliphatic heterocycles. The van der Waals surface area contributed by atoms with E-state index in [4.69, 9.17) is 4.42 Å². The minimum Gasteiger partial charge on any atom is -0.494 e. The highest BCUT2D eigenvalue weighted by Crippen LogP contribution is 2.29. The zero-order chi connectivity index (χ0) is 22.9. The molecule has 0 aliphatic carbocycles. The second kappa shape index (κ2) is 8.52. The first kappa shape index (κ1) is 20.9. The monoisotopic (exact) mass is 456 g/mol. The van der Waals surface area contributed by atoms with Gasteiger partial charge in [0, 0.05) is 17.5 Å². The molecule has 0 amide bonds. The summed E-state index contributed by atoms with van der Waals surface area (Å²) in [6.45, 7) is 1.82. The third-order valence-corrected chi connectivity index (χ3v) is 6.48. The number of aryl methyl sites for hydroxylation is 1. The molecule has 3 aromatic carbocycles. The van der Waals surface area contributed by atoms with Gasteiger partial charge in [-0.2, -0.15) is 0 Å². The Morgan fingerprint density at radius 1 is 1.03 bits per heavy atom. The van der Waals surface area contributed by atoms with Crippen LogP contribution in [0.3, 0.4) is 0 Å². The molecule has 0 radical (unpaired) electrons. The smallest absolute Gasteiger partial charge is 0.307 e. The number of ketones is 1. The topological polar surface area (TPSA) is 96.2 Å². The number of carbonyl (C=O) groups is 1. The Balaban J connectivity index is 1.47. The Morgan fingerprint density at radius 2 is 1.76 bits per heavy atom. The molecule has 2 heterocycles. The van der Waals surface area contributed by atoms with E-state index in [1.165, 1.54) is 0 Å². The van der Waals surface area contributed by atoms with Crippen molar-refractivity contribution in [1.82, 2.24) is 9.97 Å². The summed E-state index contributed by atoms with van der Waals surface area (Å²) in [7, 11) is 0. The predicted molar refractivity (Wildman–Crippen MR) is 128 cm³/mol. The number of aromatic hydroxyl groups is 1. The van der Waals surface area contributed by atoms with Gasteiger partial charge < -0.3 is 9.52 Å². The van der Waals surface area contributed by atoms with Gasteiger partial charge in [-0.25, -0.2) is 4.98 Å². The van der Waals surface area contributed by atoms with E-state index in [0.29, 0.717) is 34.2 Å². The summed E-state index contributed by atoms with van der Waals surface area (Å²) < 4.78 is 5.81. The number of oxazole rings is 1. The van der Waals surface area contributed by atoms with Crippen molar-refractivity contribution in [3.8, 4) is 17.3 Å². The molecule has 0 bridgehead atoms. The summed E-state index contributed by atoms with van der Waals surface area (Å²) in [4.78, 5) is 32.1. The number of nitrogens with zero attached hydrogens (tertiary/aromatic N) is 1. The largest absolute Gasteiger partial charge is 0.494 e. The summed E-state index contributed by atoms with van der Waals surface area (Å²) >= 11 is 0.985. The third kappa shape index (κ3) is 4.10. The van der Waals surface area contributed by atoms with E-state index < -0.39 is 0 Å².